The van der Waals surface area contributed by atoms with Crippen molar-refractivity contribution >= 4 is 11.7 Å². The number of amides is 2. The third-order valence-electron chi connectivity index (χ3n) is 2.29. The molecule has 0 fully saturated rings. The Bertz CT molecular complexity index is 367. The Morgan fingerprint density at radius 1 is 1.26 bits per heavy atom. The van der Waals surface area contributed by atoms with Crippen molar-refractivity contribution in [2.24, 2.45) is 0 Å². The van der Waals surface area contributed by atoms with Crippen LogP contribution in [0.15, 0.2) is 24.3 Å². The van der Waals surface area contributed by atoms with E-state index in [4.69, 9.17) is 14.6 Å². The van der Waals surface area contributed by atoms with Gasteiger partial charge < -0.3 is 25.2 Å². The van der Waals surface area contributed by atoms with Crippen molar-refractivity contribution in [3.05, 3.63) is 24.3 Å². The van der Waals surface area contributed by atoms with Gasteiger partial charge in [-0.3, -0.25) is 0 Å². The molecule has 6 heteroatoms. The molecule has 1 aromatic carbocycles. The van der Waals surface area contributed by atoms with Crippen molar-refractivity contribution in [1.82, 2.24) is 5.32 Å². The summed E-state index contributed by atoms with van der Waals surface area (Å²) in [7, 11) is 1.62. The van der Waals surface area contributed by atoms with E-state index in [-0.39, 0.29) is 12.6 Å². The monoisotopic (exact) mass is 268 g/mol. The van der Waals surface area contributed by atoms with E-state index in [0.29, 0.717) is 31.9 Å². The van der Waals surface area contributed by atoms with Crippen molar-refractivity contribution < 1.29 is 19.4 Å². The number of carbonyl (C=O) groups is 1. The summed E-state index contributed by atoms with van der Waals surface area (Å²) < 4.78 is 10.3. The van der Waals surface area contributed by atoms with Crippen molar-refractivity contribution in [2.45, 2.75) is 6.42 Å². The summed E-state index contributed by atoms with van der Waals surface area (Å²) in [6.07, 6.45) is 0.541. The molecule has 0 heterocycles. The summed E-state index contributed by atoms with van der Waals surface area (Å²) in [5.41, 5.74) is 0.681. The van der Waals surface area contributed by atoms with Gasteiger partial charge in [-0.2, -0.15) is 0 Å². The number of aliphatic hydroxyl groups is 1. The van der Waals surface area contributed by atoms with Crippen molar-refractivity contribution in [1.29, 1.82) is 0 Å². The summed E-state index contributed by atoms with van der Waals surface area (Å²) >= 11 is 0. The second kappa shape index (κ2) is 9.18. The number of urea groups is 1. The number of nitrogens with one attached hydrogen (secondary N) is 2. The van der Waals surface area contributed by atoms with E-state index in [0.717, 1.165) is 5.75 Å². The van der Waals surface area contributed by atoms with Crippen LogP contribution in [0.3, 0.4) is 0 Å². The normalized spacial score (nSPS) is 10.0. The molecule has 0 aromatic heterocycles. The molecule has 0 atom stereocenters. The van der Waals surface area contributed by atoms with Crippen LogP contribution in [0.1, 0.15) is 6.42 Å². The molecule has 0 saturated heterocycles. The number of carbonyl (C=O) groups excluding carboxylic acids is 1. The Hall–Kier alpha value is -1.79. The summed E-state index contributed by atoms with van der Waals surface area (Å²) in [4.78, 5) is 11.4. The van der Waals surface area contributed by atoms with E-state index in [9.17, 15) is 4.79 Å². The lowest BCUT2D eigenvalue weighted by Gasteiger charge is -2.08. The quantitative estimate of drug-likeness (QED) is 0.619. The molecule has 0 aliphatic heterocycles. The SMILES string of the molecule is COCCOc1ccc(NC(=O)NCCCO)cc1. The Labute approximate surface area is 112 Å². The van der Waals surface area contributed by atoms with Gasteiger partial charge in [0.15, 0.2) is 0 Å². The van der Waals surface area contributed by atoms with E-state index in [1.54, 1.807) is 31.4 Å². The van der Waals surface area contributed by atoms with Crippen molar-refractivity contribution in [3.63, 3.8) is 0 Å². The van der Waals surface area contributed by atoms with E-state index >= 15 is 0 Å². The zero-order valence-electron chi connectivity index (χ0n) is 11.0. The molecular formula is C13H20N2O4. The fraction of sp³-hybridized carbons (Fsp3) is 0.462. The van der Waals surface area contributed by atoms with Crippen molar-refractivity contribution in [3.8, 4) is 5.75 Å². The molecule has 2 amide bonds. The molecule has 0 bridgehead atoms. The first-order chi connectivity index (χ1) is 9.26. The summed E-state index contributed by atoms with van der Waals surface area (Å²) in [5.74, 6) is 0.725. The fourth-order valence-corrected chi connectivity index (χ4v) is 1.33. The maximum absolute atomic E-state index is 11.4. The minimum atomic E-state index is -0.290. The molecular weight excluding hydrogens is 248 g/mol. The van der Waals surface area contributed by atoms with Crippen LogP contribution in [0.5, 0.6) is 5.75 Å². The van der Waals surface area contributed by atoms with Crippen LogP contribution in [0.25, 0.3) is 0 Å². The fourth-order valence-electron chi connectivity index (χ4n) is 1.33. The van der Waals surface area contributed by atoms with Gasteiger partial charge in [0, 0.05) is 25.9 Å². The molecule has 1 rings (SSSR count). The van der Waals surface area contributed by atoms with Gasteiger partial charge in [-0.25, -0.2) is 4.79 Å². The highest BCUT2D eigenvalue weighted by molar-refractivity contribution is 5.89. The highest BCUT2D eigenvalue weighted by Crippen LogP contribution is 2.15. The number of anilines is 1. The minimum absolute atomic E-state index is 0.0633. The summed E-state index contributed by atoms with van der Waals surface area (Å²) in [6.45, 7) is 1.53. The van der Waals surface area contributed by atoms with Crippen LogP contribution in [0.4, 0.5) is 10.5 Å². The number of ether oxygens (including phenoxy) is 2. The van der Waals surface area contributed by atoms with Crippen LogP contribution in [0.2, 0.25) is 0 Å². The predicted octanol–water partition coefficient (Wildman–Crippen LogP) is 1.22. The Balaban J connectivity index is 2.32. The van der Waals surface area contributed by atoms with Gasteiger partial charge in [0.1, 0.15) is 12.4 Å². The average molecular weight is 268 g/mol. The van der Waals surface area contributed by atoms with Gasteiger partial charge in [0.25, 0.3) is 0 Å². The third kappa shape index (κ3) is 6.64. The van der Waals surface area contributed by atoms with Crippen LogP contribution in [0, 0.1) is 0 Å². The standard InChI is InChI=1S/C13H20N2O4/c1-18-9-10-19-12-5-3-11(4-6-12)15-13(17)14-7-2-8-16/h3-6,16H,2,7-10H2,1H3,(H2,14,15,17). The molecule has 106 valence electrons. The number of hydrogen-bond donors (Lipinski definition) is 3. The molecule has 0 aliphatic carbocycles. The lowest BCUT2D eigenvalue weighted by atomic mass is 10.3. The van der Waals surface area contributed by atoms with Gasteiger partial charge in [0.2, 0.25) is 0 Å². The second-order valence-corrected chi connectivity index (χ2v) is 3.82. The molecule has 1 aromatic rings. The van der Waals surface area contributed by atoms with Crippen LogP contribution in [-0.2, 0) is 4.74 Å². The topological polar surface area (TPSA) is 79.8 Å². The molecule has 0 saturated carbocycles. The molecule has 19 heavy (non-hydrogen) atoms. The molecule has 3 N–H and O–H groups in total. The van der Waals surface area contributed by atoms with Crippen LogP contribution in [-0.4, -0.2) is 44.6 Å². The molecule has 0 aliphatic rings. The molecule has 0 radical (unpaired) electrons. The highest BCUT2D eigenvalue weighted by atomic mass is 16.5. The second-order valence-electron chi connectivity index (χ2n) is 3.82. The largest absolute Gasteiger partial charge is 0.491 e. The molecule has 0 spiro atoms. The Morgan fingerprint density at radius 3 is 2.63 bits per heavy atom. The number of benzene rings is 1. The summed E-state index contributed by atoms with van der Waals surface area (Å²) in [6, 6.07) is 6.78. The zero-order valence-corrected chi connectivity index (χ0v) is 11.0. The first-order valence-electron chi connectivity index (χ1n) is 6.13. The van der Waals surface area contributed by atoms with Crippen LogP contribution >= 0.6 is 0 Å². The first kappa shape index (κ1) is 15.3. The predicted molar refractivity (Wildman–Crippen MR) is 72.5 cm³/mol. The minimum Gasteiger partial charge on any atom is -0.491 e. The van der Waals surface area contributed by atoms with Crippen LogP contribution < -0.4 is 15.4 Å². The number of hydrogen-bond acceptors (Lipinski definition) is 4. The van der Waals surface area contributed by atoms with Gasteiger partial charge in [-0.1, -0.05) is 0 Å². The average Bonchev–Trinajstić information content (AvgIpc) is 2.41. The molecule has 6 nitrogen and oxygen atoms in total. The maximum Gasteiger partial charge on any atom is 0.319 e. The number of aliphatic hydroxyl groups excluding tert-OH is 1. The lowest BCUT2D eigenvalue weighted by molar-refractivity contribution is 0.146. The number of rotatable bonds is 8. The van der Waals surface area contributed by atoms with Gasteiger partial charge in [0.05, 0.1) is 6.61 Å². The van der Waals surface area contributed by atoms with E-state index < -0.39 is 0 Å². The van der Waals surface area contributed by atoms with E-state index in [1.807, 2.05) is 0 Å². The Kier molecular flexibility index (Phi) is 7.38. The molecule has 0 unspecified atom stereocenters. The van der Waals surface area contributed by atoms with E-state index in [1.165, 1.54) is 0 Å². The maximum atomic E-state index is 11.4. The highest BCUT2D eigenvalue weighted by Gasteiger charge is 2.01. The summed E-state index contributed by atoms with van der Waals surface area (Å²) in [5, 5.41) is 13.9. The lowest BCUT2D eigenvalue weighted by Crippen LogP contribution is -2.29. The zero-order chi connectivity index (χ0) is 13.9. The Morgan fingerprint density at radius 2 is 2.00 bits per heavy atom. The third-order valence-corrected chi connectivity index (χ3v) is 2.29. The van der Waals surface area contributed by atoms with Gasteiger partial charge >= 0.3 is 6.03 Å². The van der Waals surface area contributed by atoms with Crippen molar-refractivity contribution in [2.75, 3.05) is 38.8 Å². The first-order valence-corrected chi connectivity index (χ1v) is 6.13. The smallest absolute Gasteiger partial charge is 0.319 e. The number of methoxy groups -OCH3 is 1. The van der Waals surface area contributed by atoms with Gasteiger partial charge in [-0.05, 0) is 30.7 Å². The van der Waals surface area contributed by atoms with Gasteiger partial charge in [-0.15, -0.1) is 0 Å². The van der Waals surface area contributed by atoms with E-state index in [2.05, 4.69) is 10.6 Å².